The van der Waals surface area contributed by atoms with Crippen LogP contribution in [-0.2, 0) is 6.54 Å². The van der Waals surface area contributed by atoms with Gasteiger partial charge in [0.05, 0.1) is 5.69 Å². The van der Waals surface area contributed by atoms with Crippen LogP contribution in [0.15, 0.2) is 24.4 Å². The molecular formula is C15H13F3N8. The lowest BCUT2D eigenvalue weighted by molar-refractivity contribution is -0.140. The van der Waals surface area contributed by atoms with E-state index in [4.69, 9.17) is 11.5 Å². The molecule has 4 N–H and O–H groups in total. The Kier molecular flexibility index (Phi) is 3.29. The summed E-state index contributed by atoms with van der Waals surface area (Å²) in [6.07, 6.45) is -2.75. The average Bonchev–Trinajstić information content (AvgIpc) is 3.08. The molecule has 0 spiro atoms. The molecule has 0 fully saturated rings. The van der Waals surface area contributed by atoms with E-state index in [1.54, 1.807) is 24.4 Å². The third-order valence-corrected chi connectivity index (χ3v) is 3.95. The van der Waals surface area contributed by atoms with Crippen molar-refractivity contribution < 1.29 is 13.2 Å². The smallest absolute Gasteiger partial charge is 0.382 e. The van der Waals surface area contributed by atoms with Crippen LogP contribution in [0.4, 0.5) is 24.9 Å². The van der Waals surface area contributed by atoms with Gasteiger partial charge in [0.2, 0.25) is 5.95 Å². The molecule has 0 aliphatic rings. The summed E-state index contributed by atoms with van der Waals surface area (Å²) in [5.74, 6) is 0.401. The number of nitrogens with zero attached hydrogens (tertiary/aromatic N) is 6. The Bertz CT molecular complexity index is 1140. The molecule has 4 heterocycles. The second kappa shape index (κ2) is 5.31. The van der Waals surface area contributed by atoms with E-state index in [9.17, 15) is 13.2 Å². The second-order valence-corrected chi connectivity index (χ2v) is 5.78. The first-order valence-corrected chi connectivity index (χ1v) is 7.54. The summed E-state index contributed by atoms with van der Waals surface area (Å²) in [5.41, 5.74) is 13.5. The number of alkyl halides is 3. The Balaban J connectivity index is 1.92. The minimum Gasteiger partial charge on any atom is -0.382 e. The minimum absolute atomic E-state index is 0.0134. The van der Waals surface area contributed by atoms with Gasteiger partial charge in [-0.15, -0.1) is 5.10 Å². The number of fused-ring (bicyclic) bond motifs is 2. The Hall–Kier alpha value is -3.37. The highest BCUT2D eigenvalue weighted by Gasteiger charge is 2.30. The van der Waals surface area contributed by atoms with E-state index in [0.717, 1.165) is 4.57 Å². The number of imidazole rings is 1. The van der Waals surface area contributed by atoms with E-state index in [1.165, 1.54) is 11.4 Å². The van der Waals surface area contributed by atoms with Crippen molar-refractivity contribution >= 4 is 28.4 Å². The molecule has 0 atom stereocenters. The molecule has 4 aromatic heterocycles. The lowest BCUT2D eigenvalue weighted by Gasteiger charge is -2.10. The number of aryl methyl sites for hydroxylation is 1. The van der Waals surface area contributed by atoms with E-state index in [1.807, 2.05) is 0 Å². The van der Waals surface area contributed by atoms with Gasteiger partial charge in [0.15, 0.2) is 11.5 Å². The zero-order chi connectivity index (χ0) is 18.6. The van der Waals surface area contributed by atoms with Gasteiger partial charge in [-0.2, -0.15) is 18.2 Å². The third kappa shape index (κ3) is 2.57. The SMILES string of the molecule is Cc1nc2ccc(-c3ccn4nc(N)nc(N)c34)nc2n1CC(F)(F)F. The maximum Gasteiger partial charge on any atom is 0.406 e. The number of nitrogen functional groups attached to an aromatic ring is 2. The molecule has 0 bridgehead atoms. The normalized spacial score (nSPS) is 12.3. The largest absolute Gasteiger partial charge is 0.406 e. The number of aromatic nitrogens is 6. The van der Waals surface area contributed by atoms with Crippen molar-refractivity contribution in [3.63, 3.8) is 0 Å². The zero-order valence-electron chi connectivity index (χ0n) is 13.5. The van der Waals surface area contributed by atoms with Crippen LogP contribution in [0.5, 0.6) is 0 Å². The van der Waals surface area contributed by atoms with Crippen molar-refractivity contribution in [2.24, 2.45) is 0 Å². The maximum atomic E-state index is 12.9. The highest BCUT2D eigenvalue weighted by atomic mass is 19.4. The van der Waals surface area contributed by atoms with Crippen molar-refractivity contribution in [2.75, 3.05) is 11.5 Å². The van der Waals surface area contributed by atoms with E-state index in [0.29, 0.717) is 22.3 Å². The van der Waals surface area contributed by atoms with E-state index < -0.39 is 12.7 Å². The fourth-order valence-electron chi connectivity index (χ4n) is 2.91. The van der Waals surface area contributed by atoms with Crippen molar-refractivity contribution in [3.05, 3.63) is 30.2 Å². The summed E-state index contributed by atoms with van der Waals surface area (Å²) >= 11 is 0. The molecule has 0 saturated carbocycles. The number of anilines is 2. The standard InChI is InChI=1S/C15H13F3N8/c1-7-21-10-3-2-9(22-13(10)25(7)6-15(16,17)18)8-4-5-26-11(8)12(19)23-14(20)24-26/h2-5H,6H2,1H3,(H4,19,20,23,24). The molecule has 8 nitrogen and oxygen atoms in total. The van der Waals surface area contributed by atoms with E-state index in [2.05, 4.69) is 20.1 Å². The van der Waals surface area contributed by atoms with Gasteiger partial charge in [0.1, 0.15) is 23.4 Å². The second-order valence-electron chi connectivity index (χ2n) is 5.78. The van der Waals surface area contributed by atoms with Crippen LogP contribution < -0.4 is 11.5 Å². The Morgan fingerprint density at radius 1 is 1.08 bits per heavy atom. The maximum absolute atomic E-state index is 12.9. The lowest BCUT2D eigenvalue weighted by atomic mass is 10.2. The number of nitrogens with two attached hydrogens (primary N) is 2. The van der Waals surface area contributed by atoms with Gasteiger partial charge in [-0.3, -0.25) is 0 Å². The van der Waals surface area contributed by atoms with Crippen LogP contribution in [0.2, 0.25) is 0 Å². The number of halogens is 3. The summed E-state index contributed by atoms with van der Waals surface area (Å²) in [4.78, 5) is 12.4. The summed E-state index contributed by atoms with van der Waals surface area (Å²) in [7, 11) is 0. The van der Waals surface area contributed by atoms with Crippen LogP contribution in [-0.4, -0.2) is 35.3 Å². The molecule has 134 valence electrons. The summed E-state index contributed by atoms with van der Waals surface area (Å²) in [5, 5.41) is 4.02. The van der Waals surface area contributed by atoms with Crippen LogP contribution in [0.1, 0.15) is 5.82 Å². The summed E-state index contributed by atoms with van der Waals surface area (Å²) in [6, 6.07) is 4.98. The first-order chi connectivity index (χ1) is 12.2. The Morgan fingerprint density at radius 3 is 2.58 bits per heavy atom. The molecule has 0 radical (unpaired) electrons. The van der Waals surface area contributed by atoms with Gasteiger partial charge in [-0.25, -0.2) is 14.5 Å². The molecule has 0 aromatic carbocycles. The molecular weight excluding hydrogens is 349 g/mol. The van der Waals surface area contributed by atoms with Gasteiger partial charge >= 0.3 is 6.18 Å². The average molecular weight is 362 g/mol. The lowest BCUT2D eigenvalue weighted by Crippen LogP contribution is -2.18. The van der Waals surface area contributed by atoms with Crippen molar-refractivity contribution in [1.29, 1.82) is 0 Å². The Morgan fingerprint density at radius 2 is 1.85 bits per heavy atom. The van der Waals surface area contributed by atoms with Gasteiger partial charge < -0.3 is 16.0 Å². The number of rotatable bonds is 2. The monoisotopic (exact) mass is 362 g/mol. The number of pyridine rings is 1. The summed E-state index contributed by atoms with van der Waals surface area (Å²) in [6.45, 7) is 0.347. The highest BCUT2D eigenvalue weighted by Crippen LogP contribution is 2.29. The number of hydrogen-bond donors (Lipinski definition) is 2. The molecule has 26 heavy (non-hydrogen) atoms. The quantitative estimate of drug-likeness (QED) is 0.565. The molecule has 11 heteroatoms. The molecule has 0 amide bonds. The van der Waals surface area contributed by atoms with E-state index in [-0.39, 0.29) is 23.2 Å². The summed E-state index contributed by atoms with van der Waals surface area (Å²) < 4.78 is 41.1. The molecule has 0 aliphatic heterocycles. The fraction of sp³-hybridized carbons (Fsp3) is 0.200. The minimum atomic E-state index is -4.38. The van der Waals surface area contributed by atoms with Crippen molar-refractivity contribution in [1.82, 2.24) is 29.1 Å². The van der Waals surface area contributed by atoms with Crippen LogP contribution >= 0.6 is 0 Å². The highest BCUT2D eigenvalue weighted by molar-refractivity contribution is 5.88. The molecule has 0 unspecified atom stereocenters. The molecule has 0 aliphatic carbocycles. The van der Waals surface area contributed by atoms with Crippen LogP contribution in [0, 0.1) is 6.92 Å². The van der Waals surface area contributed by atoms with E-state index >= 15 is 0 Å². The van der Waals surface area contributed by atoms with Gasteiger partial charge in [0.25, 0.3) is 0 Å². The Labute approximate surface area is 144 Å². The van der Waals surface area contributed by atoms with Crippen molar-refractivity contribution in [3.8, 4) is 11.3 Å². The van der Waals surface area contributed by atoms with Crippen LogP contribution in [0.3, 0.4) is 0 Å². The van der Waals surface area contributed by atoms with Crippen molar-refractivity contribution in [2.45, 2.75) is 19.6 Å². The van der Waals surface area contributed by atoms with Gasteiger partial charge in [0, 0.05) is 11.8 Å². The topological polar surface area (TPSA) is 113 Å². The predicted octanol–water partition coefficient (Wildman–Crippen LogP) is 2.18. The van der Waals surface area contributed by atoms with Crippen LogP contribution in [0.25, 0.3) is 27.9 Å². The predicted molar refractivity (Wildman–Crippen MR) is 89.1 cm³/mol. The third-order valence-electron chi connectivity index (χ3n) is 3.95. The van der Waals surface area contributed by atoms with Gasteiger partial charge in [-0.05, 0) is 25.1 Å². The zero-order valence-corrected chi connectivity index (χ0v) is 13.5. The van der Waals surface area contributed by atoms with Gasteiger partial charge in [-0.1, -0.05) is 0 Å². The molecule has 4 rings (SSSR count). The first-order valence-electron chi connectivity index (χ1n) is 7.54. The molecule has 4 aromatic rings. The first kappa shape index (κ1) is 16.1. The molecule has 0 saturated heterocycles. The fourth-order valence-corrected chi connectivity index (χ4v) is 2.91. The number of hydrogen-bond acceptors (Lipinski definition) is 6.